The van der Waals surface area contributed by atoms with Gasteiger partial charge in [0.05, 0.1) is 15.5 Å². The fourth-order valence-electron chi connectivity index (χ4n) is 3.95. The molecule has 2 heterocycles. The maximum absolute atomic E-state index is 13.2. The molecule has 1 saturated heterocycles. The van der Waals surface area contributed by atoms with Gasteiger partial charge in [-0.3, -0.25) is 4.79 Å². The Morgan fingerprint density at radius 2 is 1.64 bits per heavy atom. The number of benzene rings is 2. The summed E-state index contributed by atoms with van der Waals surface area (Å²) < 4.78 is 27.7. The highest BCUT2D eigenvalue weighted by atomic mass is 35.5. The fourth-order valence-corrected chi connectivity index (χ4v) is 5.70. The first kappa shape index (κ1) is 19.4. The largest absolute Gasteiger partial charge is 0.308 e. The molecule has 0 radical (unpaired) electrons. The number of carbonyl (C=O) groups excluding carboxylic acids is 1. The summed E-state index contributed by atoms with van der Waals surface area (Å²) >= 11 is 6.30. The van der Waals surface area contributed by atoms with E-state index in [0.717, 1.165) is 43.4 Å². The Bertz CT molecular complexity index is 998. The van der Waals surface area contributed by atoms with Gasteiger partial charge in [0.15, 0.2) is 0 Å². The van der Waals surface area contributed by atoms with Gasteiger partial charge in [0.2, 0.25) is 10.0 Å². The van der Waals surface area contributed by atoms with Gasteiger partial charge in [-0.05, 0) is 49.1 Å². The molecule has 0 bridgehead atoms. The third-order valence-corrected chi connectivity index (χ3v) is 7.73. The molecule has 2 aromatic carbocycles. The Balaban J connectivity index is 1.67. The molecule has 0 aliphatic carbocycles. The van der Waals surface area contributed by atoms with Crippen molar-refractivity contribution in [2.24, 2.45) is 0 Å². The smallest absolute Gasteiger partial charge is 0.259 e. The lowest BCUT2D eigenvalue weighted by atomic mass is 10.1. The summed E-state index contributed by atoms with van der Waals surface area (Å²) in [5, 5.41) is 0.268. The molecule has 2 aliphatic rings. The number of hydrogen-bond acceptors (Lipinski definition) is 3. The number of anilines is 1. The van der Waals surface area contributed by atoms with Crippen LogP contribution in [0.5, 0.6) is 0 Å². The highest BCUT2D eigenvalue weighted by Gasteiger charge is 2.30. The molecule has 0 N–H and O–H groups in total. The molecule has 0 saturated carbocycles. The van der Waals surface area contributed by atoms with Gasteiger partial charge >= 0.3 is 0 Å². The maximum Gasteiger partial charge on any atom is 0.259 e. The van der Waals surface area contributed by atoms with E-state index in [1.165, 1.54) is 22.5 Å². The number of carbonyl (C=O) groups is 1. The third-order valence-electron chi connectivity index (χ3n) is 5.50. The number of halogens is 1. The van der Waals surface area contributed by atoms with Gasteiger partial charge < -0.3 is 4.90 Å². The molecule has 28 heavy (non-hydrogen) atoms. The number of para-hydroxylation sites is 1. The second-order valence-electron chi connectivity index (χ2n) is 7.30. The number of rotatable bonds is 3. The minimum Gasteiger partial charge on any atom is -0.308 e. The lowest BCUT2D eigenvalue weighted by Crippen LogP contribution is -2.33. The molecule has 1 fully saturated rings. The van der Waals surface area contributed by atoms with Crippen LogP contribution in [0.2, 0.25) is 5.02 Å². The van der Waals surface area contributed by atoms with E-state index >= 15 is 0 Å². The van der Waals surface area contributed by atoms with Crippen molar-refractivity contribution in [3.05, 3.63) is 58.6 Å². The normalized spacial score (nSPS) is 18.0. The molecule has 2 aromatic rings. The zero-order valence-electron chi connectivity index (χ0n) is 15.6. The average molecular weight is 419 g/mol. The van der Waals surface area contributed by atoms with E-state index in [9.17, 15) is 13.2 Å². The van der Waals surface area contributed by atoms with Gasteiger partial charge in [-0.25, -0.2) is 8.42 Å². The molecule has 0 spiro atoms. The van der Waals surface area contributed by atoms with Crippen LogP contribution < -0.4 is 4.90 Å². The van der Waals surface area contributed by atoms with E-state index in [2.05, 4.69) is 0 Å². The van der Waals surface area contributed by atoms with Gasteiger partial charge in [-0.1, -0.05) is 42.6 Å². The predicted molar refractivity (Wildman–Crippen MR) is 111 cm³/mol. The average Bonchev–Trinajstić information content (AvgIpc) is 2.92. The summed E-state index contributed by atoms with van der Waals surface area (Å²) in [6.45, 7) is 1.61. The quantitative estimate of drug-likeness (QED) is 0.753. The molecule has 148 valence electrons. The molecule has 0 aromatic heterocycles. The van der Waals surface area contributed by atoms with Gasteiger partial charge in [-0.15, -0.1) is 0 Å². The summed E-state index contributed by atoms with van der Waals surface area (Å²) in [6.07, 6.45) is 4.60. The summed E-state index contributed by atoms with van der Waals surface area (Å²) in [5.74, 6) is -0.261. The van der Waals surface area contributed by atoms with Crippen LogP contribution >= 0.6 is 11.6 Å². The van der Waals surface area contributed by atoms with E-state index in [-0.39, 0.29) is 21.4 Å². The summed E-state index contributed by atoms with van der Waals surface area (Å²) in [4.78, 5) is 15.0. The van der Waals surface area contributed by atoms with E-state index in [4.69, 9.17) is 11.6 Å². The van der Waals surface area contributed by atoms with E-state index in [1.54, 1.807) is 4.90 Å². The second kappa shape index (κ2) is 7.85. The zero-order chi connectivity index (χ0) is 19.7. The summed E-state index contributed by atoms with van der Waals surface area (Å²) in [5.41, 5.74) is 2.21. The second-order valence-corrected chi connectivity index (χ2v) is 9.64. The van der Waals surface area contributed by atoms with Crippen molar-refractivity contribution in [3.8, 4) is 0 Å². The maximum atomic E-state index is 13.2. The lowest BCUT2D eigenvalue weighted by molar-refractivity contribution is 0.0989. The van der Waals surface area contributed by atoms with Crippen LogP contribution in [0.25, 0.3) is 0 Å². The molecule has 0 atom stereocenters. The Morgan fingerprint density at radius 1 is 0.929 bits per heavy atom. The number of amides is 1. The van der Waals surface area contributed by atoms with Crippen molar-refractivity contribution in [1.29, 1.82) is 0 Å². The van der Waals surface area contributed by atoms with E-state index < -0.39 is 10.0 Å². The number of fused-ring (bicyclic) bond motifs is 1. The molecule has 0 unspecified atom stereocenters. The van der Waals surface area contributed by atoms with E-state index in [1.807, 2.05) is 24.3 Å². The predicted octanol–water partition coefficient (Wildman–Crippen LogP) is 4.11. The molecule has 7 heteroatoms. The zero-order valence-corrected chi connectivity index (χ0v) is 17.2. The highest BCUT2D eigenvalue weighted by Crippen LogP contribution is 2.31. The Labute approximate surface area is 171 Å². The van der Waals surface area contributed by atoms with Crippen LogP contribution in [-0.4, -0.2) is 38.3 Å². The molecule has 2 aliphatic heterocycles. The van der Waals surface area contributed by atoms with E-state index in [0.29, 0.717) is 19.6 Å². The number of hydrogen-bond donors (Lipinski definition) is 0. The monoisotopic (exact) mass is 418 g/mol. The van der Waals surface area contributed by atoms with Crippen molar-refractivity contribution in [3.63, 3.8) is 0 Å². The molecular weight excluding hydrogens is 396 g/mol. The van der Waals surface area contributed by atoms with Gasteiger partial charge in [0, 0.05) is 25.3 Å². The van der Waals surface area contributed by atoms with Crippen molar-refractivity contribution in [2.45, 2.75) is 37.0 Å². The van der Waals surface area contributed by atoms with Crippen molar-refractivity contribution in [1.82, 2.24) is 4.31 Å². The topological polar surface area (TPSA) is 57.7 Å². The van der Waals surface area contributed by atoms with Crippen molar-refractivity contribution >= 4 is 33.2 Å². The van der Waals surface area contributed by atoms with Gasteiger partial charge in [0.1, 0.15) is 0 Å². The standard InChI is InChI=1S/C21H23ClN2O3S/c22-19-10-9-17(28(26,27)23-12-5-1-2-6-13-23)15-18(19)21(25)24-14-11-16-7-3-4-8-20(16)24/h3-4,7-10,15H,1-2,5-6,11-14H2. The Hall–Kier alpha value is -1.89. The summed E-state index contributed by atoms with van der Waals surface area (Å²) in [6, 6.07) is 12.2. The van der Waals surface area contributed by atoms with Gasteiger partial charge in [0.25, 0.3) is 5.91 Å². The van der Waals surface area contributed by atoms with Crippen LogP contribution in [0.3, 0.4) is 0 Å². The Morgan fingerprint density at radius 3 is 2.39 bits per heavy atom. The SMILES string of the molecule is O=C(c1cc(S(=O)(=O)N2CCCCCC2)ccc1Cl)N1CCc2ccccc21. The first-order chi connectivity index (χ1) is 13.5. The molecule has 5 nitrogen and oxygen atoms in total. The molecule has 1 amide bonds. The molecular formula is C21H23ClN2O3S. The lowest BCUT2D eigenvalue weighted by Gasteiger charge is -2.22. The highest BCUT2D eigenvalue weighted by molar-refractivity contribution is 7.89. The van der Waals surface area contributed by atoms with Crippen LogP contribution in [0.4, 0.5) is 5.69 Å². The van der Waals surface area contributed by atoms with Crippen LogP contribution in [0, 0.1) is 0 Å². The summed E-state index contributed by atoms with van der Waals surface area (Å²) in [7, 11) is -3.64. The third kappa shape index (κ3) is 3.56. The fraction of sp³-hybridized carbons (Fsp3) is 0.381. The minimum absolute atomic E-state index is 0.134. The first-order valence-electron chi connectivity index (χ1n) is 9.68. The van der Waals surface area contributed by atoms with Crippen LogP contribution in [0.15, 0.2) is 47.4 Å². The minimum atomic E-state index is -3.64. The Kier molecular flexibility index (Phi) is 5.45. The number of sulfonamides is 1. The van der Waals surface area contributed by atoms with Crippen LogP contribution in [-0.2, 0) is 16.4 Å². The number of nitrogens with zero attached hydrogens (tertiary/aromatic N) is 2. The van der Waals surface area contributed by atoms with Gasteiger partial charge in [-0.2, -0.15) is 4.31 Å². The first-order valence-corrected chi connectivity index (χ1v) is 11.5. The van der Waals surface area contributed by atoms with Crippen molar-refractivity contribution < 1.29 is 13.2 Å². The molecule has 4 rings (SSSR count). The van der Waals surface area contributed by atoms with Crippen LogP contribution in [0.1, 0.15) is 41.6 Å². The van der Waals surface area contributed by atoms with Crippen molar-refractivity contribution in [2.75, 3.05) is 24.5 Å².